The Kier molecular flexibility index (Phi) is 5.70. The molecule has 1 saturated heterocycles. The molecule has 1 amide bonds. The van der Waals surface area contributed by atoms with Crippen LogP contribution in [0.3, 0.4) is 0 Å². The smallest absolute Gasteiger partial charge is 0.340 e. The summed E-state index contributed by atoms with van der Waals surface area (Å²) >= 11 is 0. The molecular formula is C23H29N3O4. The summed E-state index contributed by atoms with van der Waals surface area (Å²) in [5.41, 5.74) is 3.59. The lowest BCUT2D eigenvalue weighted by molar-refractivity contribution is -0.134. The summed E-state index contributed by atoms with van der Waals surface area (Å²) in [6.45, 7) is 6.33. The molecule has 0 unspecified atom stereocenters. The number of carbonyl (C=O) groups excluding carboxylic acids is 2. The fourth-order valence-corrected chi connectivity index (χ4v) is 4.26. The van der Waals surface area contributed by atoms with E-state index in [0.29, 0.717) is 37.8 Å². The van der Waals surface area contributed by atoms with Crippen molar-refractivity contribution in [2.24, 2.45) is 0 Å². The van der Waals surface area contributed by atoms with E-state index in [0.717, 1.165) is 35.7 Å². The van der Waals surface area contributed by atoms with Crippen molar-refractivity contribution in [1.29, 1.82) is 0 Å². The third kappa shape index (κ3) is 4.01. The molecule has 7 heteroatoms. The minimum Gasteiger partial charge on any atom is -0.495 e. The molecule has 0 N–H and O–H groups in total. The van der Waals surface area contributed by atoms with Crippen LogP contribution < -0.4 is 9.64 Å². The van der Waals surface area contributed by atoms with Crippen molar-refractivity contribution in [1.82, 2.24) is 9.47 Å². The Balaban J connectivity index is 1.30. The van der Waals surface area contributed by atoms with Crippen molar-refractivity contribution in [2.75, 3.05) is 44.8 Å². The zero-order valence-electron chi connectivity index (χ0n) is 17.9. The molecule has 2 aliphatic rings. The van der Waals surface area contributed by atoms with Crippen molar-refractivity contribution in [3.63, 3.8) is 0 Å². The molecule has 1 aliphatic heterocycles. The highest BCUT2D eigenvalue weighted by molar-refractivity contribution is 5.92. The first-order valence-corrected chi connectivity index (χ1v) is 10.5. The van der Waals surface area contributed by atoms with Crippen LogP contribution in [0.15, 0.2) is 30.3 Å². The van der Waals surface area contributed by atoms with Crippen LogP contribution in [0, 0.1) is 13.8 Å². The topological polar surface area (TPSA) is 64.0 Å². The van der Waals surface area contributed by atoms with E-state index in [2.05, 4.69) is 9.47 Å². The van der Waals surface area contributed by atoms with Crippen LogP contribution in [0.1, 0.15) is 40.6 Å². The maximum Gasteiger partial charge on any atom is 0.340 e. The standard InChI is InChI=1S/C23H29N3O4/c1-16-14-19(17(2)26(16)18-8-9-18)23(28)30-15-22(27)25-12-10-24(11-13-25)20-6-4-5-7-21(20)29-3/h4-7,14,18H,8-13,15H2,1-3H3. The number of hydrogen-bond donors (Lipinski definition) is 0. The van der Waals surface area contributed by atoms with E-state index in [-0.39, 0.29) is 12.5 Å². The van der Waals surface area contributed by atoms with Gasteiger partial charge in [0.05, 0.1) is 18.4 Å². The van der Waals surface area contributed by atoms with Crippen molar-refractivity contribution in [2.45, 2.75) is 32.7 Å². The molecule has 0 radical (unpaired) electrons. The molecule has 1 aliphatic carbocycles. The summed E-state index contributed by atoms with van der Waals surface area (Å²) in [5.74, 6) is 0.255. The molecule has 2 heterocycles. The Hall–Kier alpha value is -2.96. The summed E-state index contributed by atoms with van der Waals surface area (Å²) in [5, 5.41) is 0. The molecule has 0 atom stereocenters. The van der Waals surface area contributed by atoms with Crippen LogP contribution in [-0.2, 0) is 9.53 Å². The number of carbonyl (C=O) groups is 2. The SMILES string of the molecule is COc1ccccc1N1CCN(C(=O)COC(=O)c2cc(C)n(C3CC3)c2C)CC1. The number of esters is 1. The van der Waals surface area contributed by atoms with Gasteiger partial charge in [-0.25, -0.2) is 4.79 Å². The number of methoxy groups -OCH3 is 1. The Morgan fingerprint density at radius 1 is 1.07 bits per heavy atom. The number of hydrogen-bond acceptors (Lipinski definition) is 5. The number of aromatic nitrogens is 1. The Labute approximate surface area is 177 Å². The number of amides is 1. The number of aryl methyl sites for hydroxylation is 1. The van der Waals surface area contributed by atoms with E-state index in [1.54, 1.807) is 12.0 Å². The molecule has 2 aromatic rings. The van der Waals surface area contributed by atoms with Crippen molar-refractivity contribution < 1.29 is 19.1 Å². The molecule has 2 fully saturated rings. The first-order valence-electron chi connectivity index (χ1n) is 10.5. The summed E-state index contributed by atoms with van der Waals surface area (Å²) < 4.78 is 13.0. The van der Waals surface area contributed by atoms with Gasteiger partial charge >= 0.3 is 5.97 Å². The average molecular weight is 412 g/mol. The van der Waals surface area contributed by atoms with Gasteiger partial charge in [0.1, 0.15) is 5.75 Å². The quantitative estimate of drug-likeness (QED) is 0.684. The van der Waals surface area contributed by atoms with Crippen molar-refractivity contribution in [3.05, 3.63) is 47.3 Å². The highest BCUT2D eigenvalue weighted by atomic mass is 16.5. The fourth-order valence-electron chi connectivity index (χ4n) is 4.26. The van der Waals surface area contributed by atoms with Gasteiger partial charge in [-0.05, 0) is 44.9 Å². The predicted molar refractivity (Wildman–Crippen MR) is 114 cm³/mol. The van der Waals surface area contributed by atoms with Crippen LogP contribution in [0.25, 0.3) is 0 Å². The van der Waals surface area contributed by atoms with Crippen LogP contribution in [-0.4, -0.2) is 61.2 Å². The highest BCUT2D eigenvalue weighted by Crippen LogP contribution is 2.38. The lowest BCUT2D eigenvalue weighted by atomic mass is 10.2. The zero-order valence-corrected chi connectivity index (χ0v) is 17.9. The van der Waals surface area contributed by atoms with Gasteiger partial charge in [-0.3, -0.25) is 4.79 Å². The summed E-state index contributed by atoms with van der Waals surface area (Å²) in [6.07, 6.45) is 2.31. The maximum absolute atomic E-state index is 12.6. The highest BCUT2D eigenvalue weighted by Gasteiger charge is 2.29. The monoisotopic (exact) mass is 411 g/mol. The van der Waals surface area contributed by atoms with Crippen molar-refractivity contribution >= 4 is 17.6 Å². The molecule has 1 saturated carbocycles. The molecular weight excluding hydrogens is 382 g/mol. The summed E-state index contributed by atoms with van der Waals surface area (Å²) in [4.78, 5) is 29.1. The number of piperazine rings is 1. The third-order valence-electron chi connectivity index (χ3n) is 6.00. The summed E-state index contributed by atoms with van der Waals surface area (Å²) in [6, 6.07) is 10.3. The van der Waals surface area contributed by atoms with E-state index in [1.165, 1.54) is 0 Å². The Morgan fingerprint density at radius 3 is 2.43 bits per heavy atom. The Bertz CT molecular complexity index is 940. The molecule has 1 aromatic carbocycles. The normalized spacial score (nSPS) is 16.5. The lowest BCUT2D eigenvalue weighted by Gasteiger charge is -2.36. The molecule has 7 nitrogen and oxygen atoms in total. The average Bonchev–Trinajstić information content (AvgIpc) is 3.56. The second-order valence-corrected chi connectivity index (χ2v) is 8.00. The van der Waals surface area contributed by atoms with Gasteiger partial charge in [-0.2, -0.15) is 0 Å². The van der Waals surface area contributed by atoms with Gasteiger partial charge in [0.15, 0.2) is 6.61 Å². The van der Waals surface area contributed by atoms with Gasteiger partial charge in [-0.1, -0.05) is 12.1 Å². The van der Waals surface area contributed by atoms with E-state index in [1.807, 2.05) is 44.2 Å². The third-order valence-corrected chi connectivity index (χ3v) is 6.00. The fraction of sp³-hybridized carbons (Fsp3) is 0.478. The molecule has 1 aromatic heterocycles. The predicted octanol–water partition coefficient (Wildman–Crippen LogP) is 2.95. The second kappa shape index (κ2) is 8.42. The van der Waals surface area contributed by atoms with E-state index >= 15 is 0 Å². The lowest BCUT2D eigenvalue weighted by Crippen LogP contribution is -2.50. The van der Waals surface area contributed by atoms with Gasteiger partial charge in [-0.15, -0.1) is 0 Å². The molecule has 30 heavy (non-hydrogen) atoms. The van der Waals surface area contributed by atoms with Crippen LogP contribution in [0.2, 0.25) is 0 Å². The molecule has 0 bridgehead atoms. The number of anilines is 1. The summed E-state index contributed by atoms with van der Waals surface area (Å²) in [7, 11) is 1.66. The number of benzene rings is 1. The number of para-hydroxylation sites is 2. The largest absolute Gasteiger partial charge is 0.495 e. The maximum atomic E-state index is 12.6. The molecule has 0 spiro atoms. The van der Waals surface area contributed by atoms with Crippen LogP contribution in [0.4, 0.5) is 5.69 Å². The minimum atomic E-state index is -0.420. The van der Waals surface area contributed by atoms with E-state index < -0.39 is 5.97 Å². The van der Waals surface area contributed by atoms with Crippen LogP contribution >= 0.6 is 0 Å². The Morgan fingerprint density at radius 2 is 1.77 bits per heavy atom. The zero-order chi connectivity index (χ0) is 21.3. The minimum absolute atomic E-state index is 0.154. The van der Waals surface area contributed by atoms with E-state index in [4.69, 9.17) is 9.47 Å². The number of ether oxygens (including phenoxy) is 2. The van der Waals surface area contributed by atoms with Gasteiger partial charge < -0.3 is 23.8 Å². The number of nitrogens with zero attached hydrogens (tertiary/aromatic N) is 3. The second-order valence-electron chi connectivity index (χ2n) is 8.00. The van der Waals surface area contributed by atoms with Crippen molar-refractivity contribution in [3.8, 4) is 5.75 Å². The first-order chi connectivity index (χ1) is 14.5. The molecule has 160 valence electrons. The van der Waals surface area contributed by atoms with E-state index in [9.17, 15) is 9.59 Å². The van der Waals surface area contributed by atoms with Gasteiger partial charge in [0.25, 0.3) is 5.91 Å². The van der Waals surface area contributed by atoms with Gasteiger partial charge in [0.2, 0.25) is 0 Å². The number of rotatable bonds is 6. The van der Waals surface area contributed by atoms with Gasteiger partial charge in [0, 0.05) is 43.6 Å². The van der Waals surface area contributed by atoms with Crippen LogP contribution in [0.5, 0.6) is 5.75 Å². The molecule has 4 rings (SSSR count). The first kappa shape index (κ1) is 20.3.